The summed E-state index contributed by atoms with van der Waals surface area (Å²) in [5.41, 5.74) is 7.50. The molecule has 2 heterocycles. The first-order valence-corrected chi connectivity index (χ1v) is 9.23. The molecule has 0 unspecified atom stereocenters. The van der Waals surface area contributed by atoms with Crippen molar-refractivity contribution in [3.05, 3.63) is 17.5 Å². The highest BCUT2D eigenvalue weighted by Gasteiger charge is 2.46. The largest absolute Gasteiger partial charge is 0.383 e. The Morgan fingerprint density at radius 1 is 1.40 bits per heavy atom. The zero-order valence-electron chi connectivity index (χ0n) is 15.2. The van der Waals surface area contributed by atoms with E-state index in [-0.39, 0.29) is 11.9 Å². The first-order valence-electron chi connectivity index (χ1n) is 9.23. The van der Waals surface area contributed by atoms with Crippen LogP contribution in [0.1, 0.15) is 43.5 Å². The van der Waals surface area contributed by atoms with Gasteiger partial charge in [0.25, 0.3) is 0 Å². The molecule has 1 saturated heterocycles. The van der Waals surface area contributed by atoms with Crippen LogP contribution in [0, 0.1) is 12.8 Å². The van der Waals surface area contributed by atoms with Crippen LogP contribution in [0.25, 0.3) is 0 Å². The van der Waals surface area contributed by atoms with Crippen LogP contribution in [0.5, 0.6) is 0 Å². The van der Waals surface area contributed by atoms with Crippen LogP contribution >= 0.6 is 0 Å². The van der Waals surface area contributed by atoms with E-state index in [9.17, 15) is 4.79 Å². The minimum Gasteiger partial charge on any atom is -0.383 e. The highest BCUT2D eigenvalue weighted by Crippen LogP contribution is 2.41. The van der Waals surface area contributed by atoms with Crippen LogP contribution in [-0.2, 0) is 16.1 Å². The predicted molar refractivity (Wildman–Crippen MR) is 96.2 cm³/mol. The summed E-state index contributed by atoms with van der Waals surface area (Å²) < 4.78 is 5.04. The van der Waals surface area contributed by atoms with Gasteiger partial charge in [-0.2, -0.15) is 0 Å². The number of methoxy groups -OCH3 is 1. The van der Waals surface area contributed by atoms with Crippen molar-refractivity contribution in [1.29, 1.82) is 0 Å². The van der Waals surface area contributed by atoms with Crippen molar-refractivity contribution in [2.24, 2.45) is 11.7 Å². The molecule has 0 radical (unpaired) electrons. The molecule has 0 bridgehead atoms. The number of amides is 1. The van der Waals surface area contributed by atoms with Crippen molar-refractivity contribution < 1.29 is 9.53 Å². The number of aryl methyl sites for hydroxylation is 1. The number of hydrogen-bond acceptors (Lipinski definition) is 6. The second-order valence-electron chi connectivity index (χ2n) is 7.06. The third-order valence-electron chi connectivity index (χ3n) is 5.33. The maximum absolute atomic E-state index is 12.8. The second-order valence-corrected chi connectivity index (χ2v) is 7.06. The normalized spacial score (nSPS) is 25.7. The number of nitrogens with two attached hydrogens (primary N) is 1. The summed E-state index contributed by atoms with van der Waals surface area (Å²) in [6, 6.07) is 2.04. The minimum absolute atomic E-state index is 0.0471. The Labute approximate surface area is 149 Å². The molecule has 138 valence electrons. The number of carbonyl (C=O) groups is 1. The van der Waals surface area contributed by atoms with Gasteiger partial charge in [-0.3, -0.25) is 4.79 Å². The smallest absolute Gasteiger partial charge is 0.242 e. The highest BCUT2D eigenvalue weighted by atomic mass is 16.5. The third kappa shape index (κ3) is 3.93. The van der Waals surface area contributed by atoms with Gasteiger partial charge in [-0.1, -0.05) is 12.8 Å². The van der Waals surface area contributed by atoms with Gasteiger partial charge < -0.3 is 20.7 Å². The van der Waals surface area contributed by atoms with Crippen LogP contribution in [0.4, 0.5) is 5.95 Å². The first-order chi connectivity index (χ1) is 12.1. The summed E-state index contributed by atoms with van der Waals surface area (Å²) >= 11 is 0. The molecule has 1 amide bonds. The summed E-state index contributed by atoms with van der Waals surface area (Å²) in [6.45, 7) is 3.37. The number of aromatic nitrogens is 2. The molecule has 1 aromatic heterocycles. The predicted octanol–water partition coefficient (Wildman–Crippen LogP) is 1.14. The van der Waals surface area contributed by atoms with Crippen molar-refractivity contribution in [3.8, 4) is 0 Å². The van der Waals surface area contributed by atoms with Gasteiger partial charge in [0.1, 0.15) is 6.04 Å². The van der Waals surface area contributed by atoms with Gasteiger partial charge in [0.2, 0.25) is 11.9 Å². The van der Waals surface area contributed by atoms with E-state index in [1.807, 2.05) is 13.0 Å². The molecule has 1 aliphatic carbocycles. The second kappa shape index (κ2) is 8.10. The number of rotatable bonds is 6. The van der Waals surface area contributed by atoms with Gasteiger partial charge >= 0.3 is 0 Å². The Morgan fingerprint density at radius 2 is 2.20 bits per heavy atom. The Balaban J connectivity index is 1.87. The molecular formula is C18H29N5O2. The molecule has 7 nitrogen and oxygen atoms in total. The van der Waals surface area contributed by atoms with Crippen molar-refractivity contribution in [1.82, 2.24) is 15.3 Å². The maximum atomic E-state index is 12.8. The van der Waals surface area contributed by atoms with Crippen LogP contribution in [0.2, 0.25) is 0 Å². The first kappa shape index (κ1) is 18.1. The van der Waals surface area contributed by atoms with E-state index in [0.29, 0.717) is 37.6 Å². The van der Waals surface area contributed by atoms with Crippen molar-refractivity contribution in [2.45, 2.75) is 57.7 Å². The molecule has 0 aromatic carbocycles. The van der Waals surface area contributed by atoms with Gasteiger partial charge in [0.15, 0.2) is 0 Å². The summed E-state index contributed by atoms with van der Waals surface area (Å²) in [7, 11) is 1.64. The molecule has 2 fully saturated rings. The molecule has 3 N–H and O–H groups in total. The maximum Gasteiger partial charge on any atom is 0.242 e. The van der Waals surface area contributed by atoms with E-state index in [1.54, 1.807) is 7.11 Å². The number of anilines is 1. The van der Waals surface area contributed by atoms with Crippen molar-refractivity contribution in [2.75, 3.05) is 25.2 Å². The van der Waals surface area contributed by atoms with Crippen molar-refractivity contribution >= 4 is 11.9 Å². The monoisotopic (exact) mass is 347 g/mol. The minimum atomic E-state index is -0.211. The highest BCUT2D eigenvalue weighted by molar-refractivity contribution is 5.85. The number of fused-ring (bicyclic) bond motifs is 1. The standard InChI is InChI=1S/C18H29N5O2/c1-12-9-14(11-19)22-18(21-12)23-15-6-4-3-5-13(15)10-16(23)17(24)20-7-8-25-2/h9,13,15-16H,3-8,10-11,19H2,1-2H3,(H,20,24)/t13-,15-,16-/m0/s1. The van der Waals surface area contributed by atoms with E-state index < -0.39 is 0 Å². The van der Waals surface area contributed by atoms with E-state index in [4.69, 9.17) is 10.5 Å². The molecular weight excluding hydrogens is 318 g/mol. The van der Waals surface area contributed by atoms with E-state index in [1.165, 1.54) is 19.3 Å². The van der Waals surface area contributed by atoms with Gasteiger partial charge in [0.05, 0.1) is 12.3 Å². The molecule has 25 heavy (non-hydrogen) atoms. The summed E-state index contributed by atoms with van der Waals surface area (Å²) in [5, 5.41) is 2.99. The van der Waals surface area contributed by atoms with Gasteiger partial charge in [0, 0.05) is 31.9 Å². The molecule has 1 aliphatic heterocycles. The fourth-order valence-electron chi connectivity index (χ4n) is 4.21. The van der Waals surface area contributed by atoms with E-state index >= 15 is 0 Å². The van der Waals surface area contributed by atoms with E-state index in [2.05, 4.69) is 20.2 Å². The number of hydrogen-bond donors (Lipinski definition) is 2. The lowest BCUT2D eigenvalue weighted by Gasteiger charge is -2.33. The van der Waals surface area contributed by atoms with Crippen LogP contribution in [0.15, 0.2) is 6.07 Å². The average Bonchev–Trinajstić information content (AvgIpc) is 3.01. The third-order valence-corrected chi connectivity index (χ3v) is 5.33. The molecule has 0 spiro atoms. The van der Waals surface area contributed by atoms with Crippen molar-refractivity contribution in [3.63, 3.8) is 0 Å². The summed E-state index contributed by atoms with van der Waals surface area (Å²) in [6.07, 6.45) is 5.60. The molecule has 3 rings (SSSR count). The Bertz CT molecular complexity index is 609. The fraction of sp³-hybridized carbons (Fsp3) is 0.722. The molecule has 1 saturated carbocycles. The topological polar surface area (TPSA) is 93.4 Å². The van der Waals surface area contributed by atoms with Crippen LogP contribution < -0.4 is 16.0 Å². The average molecular weight is 347 g/mol. The molecule has 7 heteroatoms. The molecule has 1 aromatic rings. The van der Waals surface area contributed by atoms with Gasteiger partial charge in [-0.25, -0.2) is 9.97 Å². The van der Waals surface area contributed by atoms with Gasteiger partial charge in [-0.15, -0.1) is 0 Å². The van der Waals surface area contributed by atoms with Gasteiger partial charge in [-0.05, 0) is 38.2 Å². The summed E-state index contributed by atoms with van der Waals surface area (Å²) in [4.78, 5) is 24.2. The van der Waals surface area contributed by atoms with Crippen LogP contribution in [0.3, 0.4) is 0 Å². The number of nitrogens with one attached hydrogen (secondary N) is 1. The van der Waals surface area contributed by atoms with Crippen LogP contribution in [-0.4, -0.2) is 48.2 Å². The Kier molecular flexibility index (Phi) is 5.86. The SMILES string of the molecule is COCCNC(=O)[C@@H]1C[C@@H]2CCCC[C@@H]2N1c1nc(C)cc(CN)n1. The zero-order chi connectivity index (χ0) is 17.8. The number of nitrogens with zero attached hydrogens (tertiary/aromatic N) is 3. The molecule has 3 atom stereocenters. The lowest BCUT2D eigenvalue weighted by molar-refractivity contribution is -0.122. The number of carbonyl (C=O) groups excluding carboxylic acids is 1. The molecule has 2 aliphatic rings. The Hall–Kier alpha value is -1.73. The lowest BCUT2D eigenvalue weighted by atomic mass is 9.85. The fourth-order valence-corrected chi connectivity index (χ4v) is 4.21. The zero-order valence-corrected chi connectivity index (χ0v) is 15.2. The summed E-state index contributed by atoms with van der Waals surface area (Å²) in [5.74, 6) is 1.24. The van der Waals surface area contributed by atoms with E-state index in [0.717, 1.165) is 24.2 Å². The lowest BCUT2D eigenvalue weighted by Crippen LogP contribution is -2.48. The quantitative estimate of drug-likeness (QED) is 0.750. The number of ether oxygens (including phenoxy) is 1. The Morgan fingerprint density at radius 3 is 2.96 bits per heavy atom.